The van der Waals surface area contributed by atoms with Crippen molar-refractivity contribution in [3.63, 3.8) is 0 Å². The minimum absolute atomic E-state index is 0.0332. The molecule has 0 unspecified atom stereocenters. The van der Waals surface area contributed by atoms with Crippen molar-refractivity contribution < 1.29 is 9.31 Å². The quantitative estimate of drug-likeness (QED) is 0.527. The van der Waals surface area contributed by atoms with Gasteiger partial charge in [0.2, 0.25) is 0 Å². The van der Waals surface area contributed by atoms with Gasteiger partial charge in [-0.05, 0) is 12.1 Å². The molecule has 0 amide bonds. The van der Waals surface area contributed by atoms with E-state index in [4.69, 9.17) is 0 Å². The Morgan fingerprint density at radius 2 is 2.00 bits per heavy atom. The molecule has 0 N–H and O–H groups in total. The van der Waals surface area contributed by atoms with Gasteiger partial charge in [0.05, 0.1) is 16.8 Å². The largest absolute Gasteiger partial charge is 0.294 e. The molecule has 0 radical (unpaired) electrons. The van der Waals surface area contributed by atoms with Crippen LogP contribution in [0.5, 0.6) is 0 Å². The van der Waals surface area contributed by atoms with Crippen LogP contribution in [0.1, 0.15) is 0 Å². The summed E-state index contributed by atoms with van der Waals surface area (Å²) in [7, 11) is 0. The predicted molar refractivity (Wildman–Crippen MR) is 65.1 cm³/mol. The third-order valence-electron chi connectivity index (χ3n) is 2.50. The summed E-state index contributed by atoms with van der Waals surface area (Å²) in [5, 5.41) is 10.2. The summed E-state index contributed by atoms with van der Waals surface area (Å²) in [6.07, 6.45) is 3.04. The molecule has 0 saturated heterocycles. The Morgan fingerprint density at radius 3 is 2.61 bits per heavy atom. The monoisotopic (exact) mass is 263 g/mol. The van der Waals surface area contributed by atoms with Crippen molar-refractivity contribution >= 4 is 22.0 Å². The fraction of sp³-hybridized carbons (Fsp3) is 0. The molecule has 5 nitrogen and oxygen atoms in total. The summed E-state index contributed by atoms with van der Waals surface area (Å²) in [4.78, 5) is 14.9. The molecule has 2 heterocycles. The van der Waals surface area contributed by atoms with Crippen LogP contribution in [0.3, 0.4) is 0 Å². The highest BCUT2D eigenvalue weighted by atomic mass is 32.1. The Bertz CT molecular complexity index is 701. The number of hydrogen-bond donors (Lipinski definition) is 0. The van der Waals surface area contributed by atoms with Gasteiger partial charge in [-0.1, -0.05) is 11.3 Å². The summed E-state index contributed by atoms with van der Waals surface area (Å²) in [5.41, 5.74) is 1.46. The lowest BCUT2D eigenvalue weighted by molar-refractivity contribution is -0.384. The molecule has 0 spiro atoms. The van der Waals surface area contributed by atoms with Gasteiger partial charge in [0.15, 0.2) is 10.1 Å². The maximum absolute atomic E-state index is 12.9. The lowest BCUT2D eigenvalue weighted by Crippen LogP contribution is -1.87. The van der Waals surface area contributed by atoms with Crippen LogP contribution in [0.4, 0.5) is 10.1 Å². The second-order valence-electron chi connectivity index (χ2n) is 3.66. The number of nitro groups is 1. The minimum Gasteiger partial charge on any atom is -0.294 e. The van der Waals surface area contributed by atoms with E-state index in [1.54, 1.807) is 22.7 Å². The first-order valence-electron chi connectivity index (χ1n) is 5.02. The van der Waals surface area contributed by atoms with Crippen molar-refractivity contribution in [1.82, 2.24) is 9.38 Å². The van der Waals surface area contributed by atoms with Crippen LogP contribution in [0, 0.1) is 15.2 Å². The summed E-state index contributed by atoms with van der Waals surface area (Å²) in [6.45, 7) is 0. The van der Waals surface area contributed by atoms with E-state index in [1.807, 2.05) is 0 Å². The molecule has 90 valence electrons. The molecule has 1 aromatic carbocycles. The van der Waals surface area contributed by atoms with Gasteiger partial charge in [-0.3, -0.25) is 14.5 Å². The zero-order valence-corrected chi connectivity index (χ0v) is 9.72. The van der Waals surface area contributed by atoms with Crippen LogP contribution in [0.2, 0.25) is 0 Å². The normalized spacial score (nSPS) is 10.9. The highest BCUT2D eigenvalue weighted by molar-refractivity contribution is 7.15. The Balaban J connectivity index is 2.02. The lowest BCUT2D eigenvalue weighted by Gasteiger charge is -1.95. The third-order valence-corrected chi connectivity index (χ3v) is 3.29. The summed E-state index contributed by atoms with van der Waals surface area (Å²) < 4.78 is 14.5. The molecule has 18 heavy (non-hydrogen) atoms. The van der Waals surface area contributed by atoms with E-state index in [0.717, 1.165) is 16.9 Å². The zero-order chi connectivity index (χ0) is 12.7. The van der Waals surface area contributed by atoms with Crippen LogP contribution in [-0.2, 0) is 0 Å². The topological polar surface area (TPSA) is 60.4 Å². The number of imidazole rings is 1. The number of thiazole rings is 1. The van der Waals surface area contributed by atoms with Gasteiger partial charge < -0.3 is 0 Å². The third kappa shape index (κ3) is 1.74. The maximum atomic E-state index is 12.9. The average molecular weight is 263 g/mol. The Morgan fingerprint density at radius 1 is 1.28 bits per heavy atom. The van der Waals surface area contributed by atoms with E-state index >= 15 is 0 Å². The molecule has 0 fully saturated rings. The van der Waals surface area contributed by atoms with E-state index in [-0.39, 0.29) is 10.8 Å². The van der Waals surface area contributed by atoms with Crippen LogP contribution in [-0.4, -0.2) is 14.3 Å². The molecule has 0 aliphatic carbocycles. The smallest absolute Gasteiger partial charge is 0.269 e. The molecule has 0 atom stereocenters. The Hall–Kier alpha value is -2.28. The molecule has 0 aliphatic rings. The van der Waals surface area contributed by atoms with Gasteiger partial charge in [0, 0.05) is 23.9 Å². The lowest BCUT2D eigenvalue weighted by atomic mass is 10.1. The van der Waals surface area contributed by atoms with Crippen LogP contribution >= 0.6 is 11.3 Å². The molecule has 3 aromatic rings. The number of non-ortho nitro benzene ring substituents is 1. The van der Waals surface area contributed by atoms with Gasteiger partial charge in [-0.2, -0.15) is 4.39 Å². The molecular weight excluding hydrogens is 257 g/mol. The van der Waals surface area contributed by atoms with Crippen LogP contribution in [0.15, 0.2) is 36.7 Å². The van der Waals surface area contributed by atoms with E-state index in [9.17, 15) is 14.5 Å². The number of nitro benzene ring substituents is 1. The van der Waals surface area contributed by atoms with E-state index in [0.29, 0.717) is 10.7 Å². The Labute approximate surface area is 104 Å². The zero-order valence-electron chi connectivity index (χ0n) is 8.91. The standard InChI is InChI=1S/C11H6FN3O2S/c12-10-6-14-5-9(13-11(14)18-10)7-1-3-8(4-2-7)15(16)17/h1-6H. The van der Waals surface area contributed by atoms with Crippen molar-refractivity contribution in [2.75, 3.05) is 0 Å². The molecule has 0 saturated carbocycles. The fourth-order valence-electron chi connectivity index (χ4n) is 1.66. The van der Waals surface area contributed by atoms with E-state index < -0.39 is 4.92 Å². The van der Waals surface area contributed by atoms with Crippen molar-refractivity contribution in [1.29, 1.82) is 0 Å². The first-order valence-corrected chi connectivity index (χ1v) is 5.84. The van der Waals surface area contributed by atoms with Gasteiger partial charge in [-0.25, -0.2) is 4.98 Å². The first kappa shape index (κ1) is 10.8. The van der Waals surface area contributed by atoms with Crippen molar-refractivity contribution in [2.24, 2.45) is 0 Å². The molecule has 2 aromatic heterocycles. The predicted octanol–water partition coefficient (Wildman–Crippen LogP) is 3.11. The summed E-state index contributed by atoms with van der Waals surface area (Å²) in [6, 6.07) is 6.09. The number of benzene rings is 1. The van der Waals surface area contributed by atoms with Crippen molar-refractivity contribution in [3.05, 3.63) is 51.9 Å². The Kier molecular flexibility index (Phi) is 2.34. The minimum atomic E-state index is -0.453. The first-order chi connectivity index (χ1) is 8.63. The van der Waals surface area contributed by atoms with Gasteiger partial charge in [0.1, 0.15) is 0 Å². The van der Waals surface area contributed by atoms with Crippen LogP contribution < -0.4 is 0 Å². The fourth-order valence-corrected chi connectivity index (χ4v) is 2.36. The maximum Gasteiger partial charge on any atom is 0.269 e. The summed E-state index contributed by atoms with van der Waals surface area (Å²) in [5.74, 6) is 0. The van der Waals surface area contributed by atoms with E-state index in [1.165, 1.54) is 18.3 Å². The highest BCUT2D eigenvalue weighted by Gasteiger charge is 2.10. The summed E-state index contributed by atoms with van der Waals surface area (Å²) >= 11 is 0.953. The van der Waals surface area contributed by atoms with Crippen LogP contribution in [0.25, 0.3) is 16.2 Å². The molecule has 0 aliphatic heterocycles. The molecule has 0 bridgehead atoms. The SMILES string of the molecule is O=[N+]([O-])c1ccc(-c2cn3cc(F)sc3n2)cc1. The number of halogens is 1. The molecular formula is C11H6FN3O2S. The van der Waals surface area contributed by atoms with Gasteiger partial charge in [-0.15, -0.1) is 0 Å². The molecule has 7 heteroatoms. The van der Waals surface area contributed by atoms with Crippen molar-refractivity contribution in [2.45, 2.75) is 0 Å². The molecule has 3 rings (SSSR count). The second kappa shape index (κ2) is 3.88. The number of fused-ring (bicyclic) bond motifs is 1. The number of aromatic nitrogens is 2. The number of hydrogen-bond acceptors (Lipinski definition) is 4. The highest BCUT2D eigenvalue weighted by Crippen LogP contribution is 2.24. The number of rotatable bonds is 2. The van der Waals surface area contributed by atoms with Gasteiger partial charge in [0.25, 0.3) is 5.69 Å². The van der Waals surface area contributed by atoms with Crippen molar-refractivity contribution in [3.8, 4) is 11.3 Å². The van der Waals surface area contributed by atoms with E-state index in [2.05, 4.69) is 4.98 Å². The second-order valence-corrected chi connectivity index (χ2v) is 4.61. The average Bonchev–Trinajstić information content (AvgIpc) is 2.86. The number of nitrogens with zero attached hydrogens (tertiary/aromatic N) is 3. The van der Waals surface area contributed by atoms with Gasteiger partial charge >= 0.3 is 0 Å².